The van der Waals surface area contributed by atoms with E-state index in [9.17, 15) is 4.57 Å². The van der Waals surface area contributed by atoms with Crippen LogP contribution in [0.3, 0.4) is 0 Å². The van der Waals surface area contributed by atoms with E-state index >= 15 is 0 Å². The third kappa shape index (κ3) is 6.35. The van der Waals surface area contributed by atoms with Crippen molar-refractivity contribution in [1.82, 2.24) is 0 Å². The van der Waals surface area contributed by atoms with Gasteiger partial charge in [0.2, 0.25) is 0 Å². The lowest BCUT2D eigenvalue weighted by atomic mass is 10.6. The molecule has 0 N–H and O–H groups in total. The van der Waals surface area contributed by atoms with Crippen LogP contribution in [-0.4, -0.2) is 13.2 Å². The zero-order valence-corrected chi connectivity index (χ0v) is 9.83. The van der Waals surface area contributed by atoms with Crippen molar-refractivity contribution in [3.63, 3.8) is 0 Å². The van der Waals surface area contributed by atoms with Gasteiger partial charge in [0.15, 0.2) is 0 Å². The largest absolute Gasteiger partial charge is 0.491 e. The molecule has 0 aromatic carbocycles. The van der Waals surface area contributed by atoms with Crippen molar-refractivity contribution < 1.29 is 17.7 Å². The van der Waals surface area contributed by atoms with Gasteiger partial charge in [-0.2, -0.15) is 4.08 Å². The van der Waals surface area contributed by atoms with Crippen molar-refractivity contribution in [2.75, 3.05) is 13.2 Å². The van der Waals surface area contributed by atoms with Gasteiger partial charge >= 0.3 is 7.82 Å². The minimum atomic E-state index is -3.60. The number of rotatable bonds is 7. The fraction of sp³-hybridized carbons (Fsp3) is 0.500. The topological polar surface area (TPSA) is 44.8 Å². The fourth-order valence-electron chi connectivity index (χ4n) is 0.538. The summed E-state index contributed by atoms with van der Waals surface area (Å²) in [6, 6.07) is 0. The lowest BCUT2D eigenvalue weighted by Crippen LogP contribution is -1.96. The first kappa shape index (κ1) is 13.9. The molecule has 0 aliphatic carbocycles. The molecule has 0 saturated carbocycles. The van der Waals surface area contributed by atoms with Crippen molar-refractivity contribution >= 4 is 19.7 Å². The first-order valence-corrected chi connectivity index (χ1v) is 5.87. The minimum Gasteiger partial charge on any atom is -0.282 e. The smallest absolute Gasteiger partial charge is 0.282 e. The van der Waals surface area contributed by atoms with Crippen LogP contribution in [0.2, 0.25) is 0 Å². The highest BCUT2D eigenvalue weighted by molar-refractivity contribution is 7.49. The minimum absolute atomic E-state index is 0.135. The molecule has 0 aromatic heterocycles. The summed E-state index contributed by atoms with van der Waals surface area (Å²) in [6.45, 7) is 3.90. The molecule has 0 aliphatic heterocycles. The van der Waals surface area contributed by atoms with E-state index in [1.807, 2.05) is 13.8 Å². The lowest BCUT2D eigenvalue weighted by molar-refractivity contribution is 0.185. The Morgan fingerprint density at radius 3 is 1.86 bits per heavy atom. The standard InChI is InChI=1S/C8H14ClO4P/c1-3-5-7-11-14(10,13-9)12-8-6-4-2/h3-6H,7-8H2,1-2H3. The third-order valence-corrected chi connectivity index (χ3v) is 2.82. The summed E-state index contributed by atoms with van der Waals surface area (Å²) in [5.41, 5.74) is 0. The molecule has 0 heterocycles. The van der Waals surface area contributed by atoms with E-state index in [4.69, 9.17) is 20.9 Å². The Kier molecular flexibility index (Phi) is 8.14. The van der Waals surface area contributed by atoms with Gasteiger partial charge < -0.3 is 0 Å². The molecule has 0 aromatic rings. The third-order valence-electron chi connectivity index (χ3n) is 1.21. The molecule has 4 nitrogen and oxygen atoms in total. The van der Waals surface area contributed by atoms with Gasteiger partial charge in [-0.05, 0) is 13.8 Å². The van der Waals surface area contributed by atoms with Crippen LogP contribution in [0.5, 0.6) is 0 Å². The summed E-state index contributed by atoms with van der Waals surface area (Å²) in [5.74, 6) is 0. The molecule has 14 heavy (non-hydrogen) atoms. The summed E-state index contributed by atoms with van der Waals surface area (Å²) in [4.78, 5) is 0. The number of hydrogen-bond donors (Lipinski definition) is 0. The molecule has 0 fully saturated rings. The van der Waals surface area contributed by atoms with Crippen LogP contribution >= 0.6 is 19.7 Å². The molecule has 6 heteroatoms. The van der Waals surface area contributed by atoms with Gasteiger partial charge in [0.25, 0.3) is 0 Å². The Bertz CT molecular complexity index is 219. The van der Waals surface area contributed by atoms with E-state index in [1.54, 1.807) is 24.3 Å². The van der Waals surface area contributed by atoms with Gasteiger partial charge in [-0.15, -0.1) is 0 Å². The Balaban J connectivity index is 3.97. The summed E-state index contributed by atoms with van der Waals surface area (Å²) in [6.07, 6.45) is 6.85. The molecular formula is C8H14ClO4P. The van der Waals surface area contributed by atoms with Gasteiger partial charge in [0.05, 0.1) is 25.1 Å². The average Bonchev–Trinajstić information content (AvgIpc) is 2.19. The highest BCUT2D eigenvalue weighted by atomic mass is 35.5. The summed E-state index contributed by atoms with van der Waals surface area (Å²) in [7, 11) is -3.60. The quantitative estimate of drug-likeness (QED) is 0.505. The maximum Gasteiger partial charge on any atom is 0.491 e. The van der Waals surface area contributed by atoms with Crippen LogP contribution < -0.4 is 0 Å². The number of phosphoric acid groups is 1. The zero-order valence-electron chi connectivity index (χ0n) is 8.18. The van der Waals surface area contributed by atoms with Gasteiger partial charge in [0, 0.05) is 0 Å². The Morgan fingerprint density at radius 2 is 1.57 bits per heavy atom. The summed E-state index contributed by atoms with van der Waals surface area (Å²) < 4.78 is 25.3. The second-order valence-corrected chi connectivity index (χ2v) is 4.21. The average molecular weight is 241 g/mol. The monoisotopic (exact) mass is 240 g/mol. The SMILES string of the molecule is CC=CCOP(=O)(OCl)OCC=CC. The van der Waals surface area contributed by atoms with Crippen LogP contribution in [0, 0.1) is 0 Å². The molecular weight excluding hydrogens is 227 g/mol. The Labute approximate surface area is 89.3 Å². The van der Waals surface area contributed by atoms with E-state index < -0.39 is 7.82 Å². The van der Waals surface area contributed by atoms with E-state index in [0.29, 0.717) is 0 Å². The number of phosphoric ester groups is 1. The van der Waals surface area contributed by atoms with E-state index in [2.05, 4.69) is 4.08 Å². The molecule has 0 saturated heterocycles. The molecule has 0 spiro atoms. The van der Waals surface area contributed by atoms with Gasteiger partial charge in [-0.25, -0.2) is 4.57 Å². The summed E-state index contributed by atoms with van der Waals surface area (Å²) >= 11 is 5.01. The molecule has 0 amide bonds. The highest BCUT2D eigenvalue weighted by Crippen LogP contribution is 2.50. The van der Waals surface area contributed by atoms with Crippen LogP contribution in [0.15, 0.2) is 24.3 Å². The van der Waals surface area contributed by atoms with Crippen LogP contribution in [0.25, 0.3) is 0 Å². The van der Waals surface area contributed by atoms with E-state index in [1.165, 1.54) is 0 Å². The van der Waals surface area contributed by atoms with Crippen LogP contribution in [0.4, 0.5) is 0 Å². The molecule has 0 bridgehead atoms. The molecule has 0 unspecified atom stereocenters. The fourth-order valence-corrected chi connectivity index (χ4v) is 1.47. The normalized spacial score (nSPS) is 16.5. The molecule has 0 rings (SSSR count). The molecule has 82 valence electrons. The number of halogens is 1. The molecule has 0 aliphatic rings. The van der Waals surface area contributed by atoms with Gasteiger partial charge in [0.1, 0.15) is 0 Å². The maximum atomic E-state index is 11.5. The van der Waals surface area contributed by atoms with Crippen LogP contribution in [0.1, 0.15) is 13.8 Å². The second-order valence-electron chi connectivity index (χ2n) is 2.25. The van der Waals surface area contributed by atoms with Crippen molar-refractivity contribution in [3.8, 4) is 0 Å². The van der Waals surface area contributed by atoms with Gasteiger partial charge in [-0.3, -0.25) is 9.05 Å². The second kappa shape index (κ2) is 8.21. The molecule has 0 radical (unpaired) electrons. The first-order valence-electron chi connectivity index (χ1n) is 4.10. The summed E-state index contributed by atoms with van der Waals surface area (Å²) in [5, 5.41) is 0. The van der Waals surface area contributed by atoms with Crippen molar-refractivity contribution in [2.24, 2.45) is 0 Å². The number of hydrogen-bond acceptors (Lipinski definition) is 4. The predicted octanol–water partition coefficient (Wildman–Crippen LogP) is 3.45. The van der Waals surface area contributed by atoms with Crippen LogP contribution in [-0.2, 0) is 17.7 Å². The number of allylic oxidation sites excluding steroid dienone is 2. The predicted molar refractivity (Wildman–Crippen MR) is 56.1 cm³/mol. The van der Waals surface area contributed by atoms with E-state index in [-0.39, 0.29) is 13.2 Å². The van der Waals surface area contributed by atoms with Crippen molar-refractivity contribution in [2.45, 2.75) is 13.8 Å². The molecule has 0 atom stereocenters. The maximum absolute atomic E-state index is 11.5. The Hall–Kier alpha value is -0.120. The highest BCUT2D eigenvalue weighted by Gasteiger charge is 2.25. The van der Waals surface area contributed by atoms with Crippen molar-refractivity contribution in [3.05, 3.63) is 24.3 Å². The lowest BCUT2D eigenvalue weighted by Gasteiger charge is -2.11. The van der Waals surface area contributed by atoms with E-state index in [0.717, 1.165) is 0 Å². The Morgan fingerprint density at radius 1 is 1.14 bits per heavy atom. The first-order chi connectivity index (χ1) is 6.68. The zero-order chi connectivity index (χ0) is 10.9. The van der Waals surface area contributed by atoms with Gasteiger partial charge in [-0.1, -0.05) is 24.3 Å². The van der Waals surface area contributed by atoms with Crippen molar-refractivity contribution in [1.29, 1.82) is 0 Å².